The summed E-state index contributed by atoms with van der Waals surface area (Å²) < 4.78 is 28.0. The monoisotopic (exact) mass is 515 g/mol. The number of aliphatic imine (C=N–C) groups is 1. The van der Waals surface area contributed by atoms with E-state index in [9.17, 15) is 13.5 Å². The highest BCUT2D eigenvalue weighted by Gasteiger charge is 2.29. The van der Waals surface area contributed by atoms with Crippen molar-refractivity contribution in [2.45, 2.75) is 62.6 Å². The Morgan fingerprint density at radius 3 is 2.73 bits per heavy atom. The number of aliphatic hydroxyl groups is 1. The molecule has 1 heterocycles. The first kappa shape index (κ1) is 26.4. The van der Waals surface area contributed by atoms with Crippen molar-refractivity contribution in [3.8, 4) is 0 Å². The summed E-state index contributed by atoms with van der Waals surface area (Å²) in [6.07, 6.45) is 7.36. The van der Waals surface area contributed by atoms with Crippen LogP contribution >= 0.6 is 23.4 Å². The van der Waals surface area contributed by atoms with Crippen molar-refractivity contribution >= 4 is 44.8 Å². The van der Waals surface area contributed by atoms with Crippen LogP contribution in [-0.4, -0.2) is 84.5 Å². The normalized spacial score (nSPS) is 19.1. The molecular weight excluding hydrogens is 482 g/mol. The average Bonchev–Trinajstić information content (AvgIpc) is 3.27. The number of halogens is 1. The van der Waals surface area contributed by atoms with Gasteiger partial charge in [0.2, 0.25) is 10.0 Å². The molecule has 1 aliphatic heterocycles. The highest BCUT2D eigenvalue weighted by Crippen LogP contribution is 2.33. The molecule has 2 aliphatic rings. The molecule has 1 N–H and O–H groups in total. The lowest BCUT2D eigenvalue weighted by atomic mass is 9.96. The molecule has 11 heteroatoms. The summed E-state index contributed by atoms with van der Waals surface area (Å²) >= 11 is 8.13. The Balaban J connectivity index is 1.77. The lowest BCUT2D eigenvalue weighted by molar-refractivity contribution is 0.0300. The molecule has 3 rings (SSSR count). The van der Waals surface area contributed by atoms with Crippen LogP contribution < -0.4 is 0 Å². The molecule has 1 saturated carbocycles. The van der Waals surface area contributed by atoms with Gasteiger partial charge in [-0.15, -0.1) is 0 Å². The van der Waals surface area contributed by atoms with Crippen LogP contribution in [0.2, 0.25) is 5.02 Å². The third-order valence-electron chi connectivity index (χ3n) is 5.94. The Morgan fingerprint density at radius 2 is 2.06 bits per heavy atom. The SMILES string of the molecule is CCN(CCC(O)N(C)C)S(=O)(=O)c1cccc(C2=NN(C=NC3CCCCC3)CS2)c1Cl. The fourth-order valence-corrected chi connectivity index (χ4v) is 6.86. The van der Waals surface area contributed by atoms with Gasteiger partial charge in [-0.3, -0.25) is 9.89 Å². The molecular formula is C22H34ClN5O3S2. The zero-order valence-corrected chi connectivity index (χ0v) is 21.9. The van der Waals surface area contributed by atoms with E-state index in [1.165, 1.54) is 41.4 Å². The number of nitrogens with zero attached hydrogens (tertiary/aromatic N) is 5. The van der Waals surface area contributed by atoms with Crippen molar-refractivity contribution in [3.63, 3.8) is 0 Å². The van der Waals surface area contributed by atoms with Gasteiger partial charge in [0.15, 0.2) is 0 Å². The van der Waals surface area contributed by atoms with E-state index in [0.717, 1.165) is 12.8 Å². The van der Waals surface area contributed by atoms with Gasteiger partial charge in [0.25, 0.3) is 0 Å². The Bertz CT molecular complexity index is 965. The summed E-state index contributed by atoms with van der Waals surface area (Å²) in [7, 11) is -0.328. The van der Waals surface area contributed by atoms with E-state index < -0.39 is 16.3 Å². The first-order valence-electron chi connectivity index (χ1n) is 11.4. The minimum absolute atomic E-state index is 0.0560. The number of aliphatic hydroxyl groups excluding tert-OH is 1. The predicted octanol–water partition coefficient (Wildman–Crippen LogP) is 3.65. The second-order valence-electron chi connectivity index (χ2n) is 8.52. The number of rotatable bonds is 10. The highest BCUT2D eigenvalue weighted by molar-refractivity contribution is 8.14. The standard InChI is InChI=1S/C22H34ClN5O3S2/c1-4-28(14-13-20(29)26(2)3)33(30,31)19-12-8-11-18(21(19)23)22-25-27(16-32-22)15-24-17-9-6-5-7-10-17/h8,11-12,15,17,20,29H,4-7,9-10,13-14,16H2,1-3H3. The molecule has 0 amide bonds. The Morgan fingerprint density at radius 1 is 1.33 bits per heavy atom. The smallest absolute Gasteiger partial charge is 0.244 e. The minimum atomic E-state index is -3.83. The van der Waals surface area contributed by atoms with Crippen molar-refractivity contribution in [1.29, 1.82) is 0 Å². The Hall–Kier alpha value is -1.17. The third kappa shape index (κ3) is 6.70. The van der Waals surface area contributed by atoms with Crippen molar-refractivity contribution < 1.29 is 13.5 Å². The van der Waals surface area contributed by atoms with E-state index in [2.05, 4.69) is 10.1 Å². The van der Waals surface area contributed by atoms with Crippen molar-refractivity contribution in [2.24, 2.45) is 10.1 Å². The largest absolute Gasteiger partial charge is 0.378 e. The Kier molecular flexibility index (Phi) is 9.61. The van der Waals surface area contributed by atoms with Crippen LogP contribution in [0.1, 0.15) is 51.0 Å². The van der Waals surface area contributed by atoms with Crippen LogP contribution in [0, 0.1) is 0 Å². The first-order valence-corrected chi connectivity index (χ1v) is 14.2. The van der Waals surface area contributed by atoms with Gasteiger partial charge in [-0.25, -0.2) is 13.4 Å². The maximum Gasteiger partial charge on any atom is 0.244 e. The van der Waals surface area contributed by atoms with Gasteiger partial charge in [0.05, 0.1) is 16.9 Å². The zero-order valence-electron chi connectivity index (χ0n) is 19.5. The summed E-state index contributed by atoms with van der Waals surface area (Å²) in [6, 6.07) is 5.37. The van der Waals surface area contributed by atoms with Crippen LogP contribution in [0.5, 0.6) is 0 Å². The number of hydrogen-bond donors (Lipinski definition) is 1. The van der Waals surface area contributed by atoms with Gasteiger partial charge in [-0.2, -0.15) is 9.41 Å². The molecule has 0 spiro atoms. The lowest BCUT2D eigenvalue weighted by Gasteiger charge is -2.25. The number of sulfonamides is 1. The number of thioether (sulfide) groups is 1. The van der Waals surface area contributed by atoms with Gasteiger partial charge in [-0.05, 0) is 33.0 Å². The van der Waals surface area contributed by atoms with Gasteiger partial charge >= 0.3 is 0 Å². The molecule has 1 atom stereocenters. The maximum atomic E-state index is 13.3. The lowest BCUT2D eigenvalue weighted by Crippen LogP contribution is -2.37. The van der Waals surface area contributed by atoms with E-state index in [4.69, 9.17) is 11.6 Å². The molecule has 33 heavy (non-hydrogen) atoms. The summed E-state index contributed by atoms with van der Waals surface area (Å²) in [6.45, 7) is 2.25. The summed E-state index contributed by atoms with van der Waals surface area (Å²) in [4.78, 5) is 6.38. The van der Waals surface area contributed by atoms with E-state index >= 15 is 0 Å². The number of benzene rings is 1. The van der Waals surface area contributed by atoms with Crippen molar-refractivity contribution in [2.75, 3.05) is 33.1 Å². The second kappa shape index (κ2) is 12.0. The van der Waals surface area contributed by atoms with E-state index in [-0.39, 0.29) is 23.0 Å². The van der Waals surface area contributed by atoms with Gasteiger partial charge in [0.1, 0.15) is 22.5 Å². The molecule has 1 aromatic rings. The van der Waals surface area contributed by atoms with E-state index in [0.29, 0.717) is 28.9 Å². The molecule has 0 aromatic heterocycles. The summed E-state index contributed by atoms with van der Waals surface area (Å²) in [5.74, 6) is 0.613. The predicted molar refractivity (Wildman–Crippen MR) is 136 cm³/mol. The summed E-state index contributed by atoms with van der Waals surface area (Å²) in [5.41, 5.74) is 0.598. The molecule has 8 nitrogen and oxygen atoms in total. The average molecular weight is 516 g/mol. The second-order valence-corrected chi connectivity index (χ2v) is 11.7. The summed E-state index contributed by atoms with van der Waals surface area (Å²) in [5, 5.41) is 17.3. The van der Waals surface area contributed by atoms with Crippen molar-refractivity contribution in [1.82, 2.24) is 14.2 Å². The molecule has 1 aromatic carbocycles. The topological polar surface area (TPSA) is 88.8 Å². The Labute approximate surface area is 206 Å². The maximum absolute atomic E-state index is 13.3. The van der Waals surface area contributed by atoms with Crippen LogP contribution in [0.4, 0.5) is 0 Å². The van der Waals surface area contributed by atoms with Crippen LogP contribution in [0.25, 0.3) is 0 Å². The van der Waals surface area contributed by atoms with E-state index in [1.807, 2.05) is 0 Å². The fraction of sp³-hybridized carbons (Fsp3) is 0.636. The molecule has 0 saturated heterocycles. The molecule has 1 aliphatic carbocycles. The molecule has 0 bridgehead atoms. The van der Waals surface area contributed by atoms with Gasteiger partial charge in [0, 0.05) is 25.1 Å². The zero-order chi connectivity index (χ0) is 24.0. The van der Waals surface area contributed by atoms with Crippen LogP contribution in [0.15, 0.2) is 33.2 Å². The number of hydrazone groups is 1. The molecule has 1 fully saturated rings. The van der Waals surface area contributed by atoms with Crippen LogP contribution in [-0.2, 0) is 10.0 Å². The fourth-order valence-electron chi connectivity index (χ4n) is 3.87. The third-order valence-corrected chi connectivity index (χ3v) is 9.44. The minimum Gasteiger partial charge on any atom is -0.378 e. The molecule has 184 valence electrons. The molecule has 1 unspecified atom stereocenters. The highest BCUT2D eigenvalue weighted by atomic mass is 35.5. The van der Waals surface area contributed by atoms with E-state index in [1.54, 1.807) is 49.4 Å². The number of hydrogen-bond acceptors (Lipinski definition) is 7. The van der Waals surface area contributed by atoms with Crippen LogP contribution in [0.3, 0.4) is 0 Å². The quantitative estimate of drug-likeness (QED) is 0.290. The molecule has 0 radical (unpaired) electrons. The van der Waals surface area contributed by atoms with Gasteiger partial charge in [-0.1, -0.05) is 61.7 Å². The first-order chi connectivity index (χ1) is 15.7. The van der Waals surface area contributed by atoms with Crippen molar-refractivity contribution in [3.05, 3.63) is 28.8 Å². The van der Waals surface area contributed by atoms with Gasteiger partial charge < -0.3 is 5.11 Å².